The number of ether oxygens (including phenoxy) is 2. The van der Waals surface area contributed by atoms with Crippen LogP contribution in [0.4, 0.5) is 5.69 Å². The van der Waals surface area contributed by atoms with Crippen LogP contribution in [0.3, 0.4) is 0 Å². The molecule has 0 amide bonds. The van der Waals surface area contributed by atoms with Crippen molar-refractivity contribution in [1.82, 2.24) is 0 Å². The summed E-state index contributed by atoms with van der Waals surface area (Å²) in [5.41, 5.74) is 2.55. The smallest absolute Gasteiger partial charge is 0.0750 e. The lowest BCUT2D eigenvalue weighted by molar-refractivity contribution is -0.0253. The molecular formula is C16H25NO2. The lowest BCUT2D eigenvalue weighted by Crippen LogP contribution is -2.28. The minimum absolute atomic E-state index is 0.0961. The molecule has 1 aromatic rings. The molecule has 0 aromatic heterocycles. The van der Waals surface area contributed by atoms with Crippen LogP contribution < -0.4 is 5.32 Å². The number of hydrogen-bond acceptors (Lipinski definition) is 3. The average molecular weight is 263 g/mol. The largest absolute Gasteiger partial charge is 0.382 e. The Morgan fingerprint density at radius 2 is 2.11 bits per heavy atom. The van der Waals surface area contributed by atoms with Gasteiger partial charge >= 0.3 is 0 Å². The van der Waals surface area contributed by atoms with Gasteiger partial charge in [0.25, 0.3) is 0 Å². The van der Waals surface area contributed by atoms with E-state index in [1.54, 1.807) is 7.11 Å². The fraction of sp³-hybridized carbons (Fsp3) is 0.625. The first-order chi connectivity index (χ1) is 9.11. The Balaban J connectivity index is 1.79. The number of rotatable bonds is 5. The highest BCUT2D eigenvalue weighted by atomic mass is 16.5. The van der Waals surface area contributed by atoms with Crippen LogP contribution in [-0.2, 0) is 15.9 Å². The van der Waals surface area contributed by atoms with Crippen molar-refractivity contribution in [3.8, 4) is 0 Å². The van der Waals surface area contributed by atoms with E-state index in [9.17, 15) is 0 Å². The minimum atomic E-state index is -0.0961. The highest BCUT2D eigenvalue weighted by Gasteiger charge is 2.19. The number of para-hydroxylation sites is 1. The zero-order chi connectivity index (χ0) is 13.7. The van der Waals surface area contributed by atoms with Crippen LogP contribution in [0.25, 0.3) is 0 Å². The van der Waals surface area contributed by atoms with Crippen molar-refractivity contribution in [2.45, 2.75) is 44.8 Å². The first-order valence-corrected chi connectivity index (χ1v) is 7.09. The quantitative estimate of drug-likeness (QED) is 0.884. The van der Waals surface area contributed by atoms with Gasteiger partial charge in [-0.1, -0.05) is 18.2 Å². The highest BCUT2D eigenvalue weighted by molar-refractivity contribution is 5.51. The molecule has 106 valence electrons. The molecule has 3 heteroatoms. The van der Waals surface area contributed by atoms with Crippen LogP contribution in [0.1, 0.15) is 32.3 Å². The molecule has 0 aliphatic carbocycles. The second-order valence-corrected chi connectivity index (χ2v) is 5.78. The van der Waals surface area contributed by atoms with E-state index in [1.807, 2.05) is 0 Å². The lowest BCUT2D eigenvalue weighted by Gasteiger charge is -2.24. The monoisotopic (exact) mass is 263 g/mol. The zero-order valence-corrected chi connectivity index (χ0v) is 12.2. The summed E-state index contributed by atoms with van der Waals surface area (Å²) >= 11 is 0. The topological polar surface area (TPSA) is 30.5 Å². The first kappa shape index (κ1) is 14.4. The number of nitrogens with one attached hydrogen (secondary N) is 1. The number of anilines is 1. The summed E-state index contributed by atoms with van der Waals surface area (Å²) in [5, 5.41) is 3.48. The van der Waals surface area contributed by atoms with Gasteiger partial charge in [-0.3, -0.25) is 0 Å². The van der Waals surface area contributed by atoms with E-state index < -0.39 is 0 Å². The fourth-order valence-corrected chi connectivity index (χ4v) is 2.27. The van der Waals surface area contributed by atoms with Crippen molar-refractivity contribution in [3.05, 3.63) is 29.8 Å². The van der Waals surface area contributed by atoms with Gasteiger partial charge in [-0.05, 0) is 44.7 Å². The molecule has 1 aromatic carbocycles. The molecule has 0 saturated carbocycles. The zero-order valence-electron chi connectivity index (χ0n) is 12.2. The van der Waals surface area contributed by atoms with Crippen molar-refractivity contribution in [1.29, 1.82) is 0 Å². The van der Waals surface area contributed by atoms with E-state index in [4.69, 9.17) is 9.47 Å². The van der Waals surface area contributed by atoms with E-state index in [2.05, 4.69) is 43.4 Å². The molecule has 1 aliphatic rings. The normalized spacial score (nSPS) is 19.4. The van der Waals surface area contributed by atoms with Crippen LogP contribution in [0, 0.1) is 0 Å². The van der Waals surface area contributed by atoms with Gasteiger partial charge < -0.3 is 14.8 Å². The number of hydrogen-bond donors (Lipinski definition) is 1. The summed E-state index contributed by atoms with van der Waals surface area (Å²) in [6.45, 7) is 5.84. The Morgan fingerprint density at radius 3 is 2.89 bits per heavy atom. The Hall–Kier alpha value is -1.06. The molecule has 0 saturated heterocycles. The summed E-state index contributed by atoms with van der Waals surface area (Å²) in [7, 11) is 1.75. The third-order valence-electron chi connectivity index (χ3n) is 3.88. The standard InChI is InChI=1S/C16H25NO2/c1-16(2,18-3)10-11-19-14-9-8-13-6-4-5-7-15(13)17-12-14/h4-7,14,17H,8-12H2,1-3H3. The molecule has 19 heavy (non-hydrogen) atoms. The van der Waals surface area contributed by atoms with Crippen molar-refractivity contribution >= 4 is 5.69 Å². The summed E-state index contributed by atoms with van der Waals surface area (Å²) in [4.78, 5) is 0. The number of fused-ring (bicyclic) bond motifs is 1. The summed E-state index contributed by atoms with van der Waals surface area (Å²) < 4.78 is 11.4. The number of methoxy groups -OCH3 is 1. The summed E-state index contributed by atoms with van der Waals surface area (Å²) in [6.07, 6.45) is 3.38. The molecule has 0 fully saturated rings. The van der Waals surface area contributed by atoms with Crippen molar-refractivity contribution in [3.63, 3.8) is 0 Å². The Kier molecular flexibility index (Phi) is 4.83. The molecule has 0 radical (unpaired) electrons. The van der Waals surface area contributed by atoms with Crippen LogP contribution in [0.2, 0.25) is 0 Å². The van der Waals surface area contributed by atoms with Crippen LogP contribution in [0.15, 0.2) is 24.3 Å². The SMILES string of the molecule is COC(C)(C)CCOC1CCc2ccccc2NC1. The highest BCUT2D eigenvalue weighted by Crippen LogP contribution is 2.22. The van der Waals surface area contributed by atoms with Crippen molar-refractivity contribution in [2.75, 3.05) is 25.6 Å². The lowest BCUT2D eigenvalue weighted by atomic mass is 10.1. The Bertz CT molecular complexity index is 376. The molecule has 3 nitrogen and oxygen atoms in total. The van der Waals surface area contributed by atoms with Gasteiger partial charge in [0.15, 0.2) is 0 Å². The molecule has 1 heterocycles. The van der Waals surface area contributed by atoms with E-state index in [-0.39, 0.29) is 5.60 Å². The van der Waals surface area contributed by atoms with Crippen molar-refractivity contribution in [2.24, 2.45) is 0 Å². The van der Waals surface area contributed by atoms with Crippen LogP contribution in [0.5, 0.6) is 0 Å². The third-order valence-corrected chi connectivity index (χ3v) is 3.88. The maximum atomic E-state index is 5.99. The second-order valence-electron chi connectivity index (χ2n) is 5.78. The molecule has 0 bridgehead atoms. The van der Waals surface area contributed by atoms with Crippen LogP contribution >= 0.6 is 0 Å². The first-order valence-electron chi connectivity index (χ1n) is 7.09. The number of aryl methyl sites for hydroxylation is 1. The van der Waals surface area contributed by atoms with E-state index in [0.29, 0.717) is 6.10 Å². The van der Waals surface area contributed by atoms with E-state index >= 15 is 0 Å². The maximum absolute atomic E-state index is 5.99. The van der Waals surface area contributed by atoms with Gasteiger partial charge in [-0.25, -0.2) is 0 Å². The second kappa shape index (κ2) is 6.40. The average Bonchev–Trinajstić information content (AvgIpc) is 2.62. The van der Waals surface area contributed by atoms with E-state index in [0.717, 1.165) is 32.4 Å². The maximum Gasteiger partial charge on any atom is 0.0750 e. The molecule has 1 N–H and O–H groups in total. The van der Waals surface area contributed by atoms with Gasteiger partial charge in [0.1, 0.15) is 0 Å². The molecule has 2 rings (SSSR count). The predicted molar refractivity (Wildman–Crippen MR) is 78.7 cm³/mol. The van der Waals surface area contributed by atoms with Crippen LogP contribution in [-0.4, -0.2) is 32.0 Å². The molecule has 1 unspecified atom stereocenters. The van der Waals surface area contributed by atoms with Gasteiger partial charge in [0.05, 0.1) is 11.7 Å². The van der Waals surface area contributed by atoms with E-state index in [1.165, 1.54) is 11.3 Å². The summed E-state index contributed by atoms with van der Waals surface area (Å²) in [6, 6.07) is 8.52. The molecular weight excluding hydrogens is 238 g/mol. The Labute approximate surface area is 116 Å². The molecule has 1 aliphatic heterocycles. The number of benzene rings is 1. The molecule has 0 spiro atoms. The predicted octanol–water partition coefficient (Wildman–Crippen LogP) is 3.25. The minimum Gasteiger partial charge on any atom is -0.382 e. The molecule has 1 atom stereocenters. The summed E-state index contributed by atoms with van der Waals surface area (Å²) in [5.74, 6) is 0. The Morgan fingerprint density at radius 1 is 1.32 bits per heavy atom. The fourth-order valence-electron chi connectivity index (χ4n) is 2.27. The third kappa shape index (κ3) is 4.22. The van der Waals surface area contributed by atoms with Crippen molar-refractivity contribution < 1.29 is 9.47 Å². The van der Waals surface area contributed by atoms with Gasteiger partial charge in [-0.2, -0.15) is 0 Å². The van der Waals surface area contributed by atoms with Gasteiger partial charge in [-0.15, -0.1) is 0 Å². The van der Waals surface area contributed by atoms with Gasteiger partial charge in [0, 0.05) is 25.9 Å². The van der Waals surface area contributed by atoms with Gasteiger partial charge in [0.2, 0.25) is 0 Å².